The molecule has 0 bridgehead atoms. The molecular formula is C19H16F3NO2S. The van der Waals surface area contributed by atoms with Crippen LogP contribution in [0.25, 0.3) is 11.3 Å². The smallest absolute Gasteiger partial charge is 0.416 e. The van der Waals surface area contributed by atoms with Crippen molar-refractivity contribution in [2.45, 2.75) is 25.6 Å². The van der Waals surface area contributed by atoms with E-state index in [-0.39, 0.29) is 12.3 Å². The van der Waals surface area contributed by atoms with Gasteiger partial charge in [0.1, 0.15) is 5.76 Å². The molecule has 0 spiro atoms. The van der Waals surface area contributed by atoms with Crippen molar-refractivity contribution in [2.75, 3.05) is 0 Å². The van der Waals surface area contributed by atoms with Gasteiger partial charge in [-0.1, -0.05) is 12.1 Å². The largest absolute Gasteiger partial charge is 0.464 e. The van der Waals surface area contributed by atoms with E-state index in [1.165, 1.54) is 23.5 Å². The SMILES string of the molecule is O=C(CCc1ccc(C(F)(F)F)cc1)NCc1cc(-c2ccco2)cs1. The third kappa shape index (κ3) is 4.76. The number of halogens is 3. The maximum absolute atomic E-state index is 12.5. The zero-order chi connectivity index (χ0) is 18.6. The van der Waals surface area contributed by atoms with E-state index < -0.39 is 11.7 Å². The summed E-state index contributed by atoms with van der Waals surface area (Å²) < 4.78 is 42.9. The predicted molar refractivity (Wildman–Crippen MR) is 93.6 cm³/mol. The van der Waals surface area contributed by atoms with Gasteiger partial charge in [-0.2, -0.15) is 13.2 Å². The summed E-state index contributed by atoms with van der Waals surface area (Å²) >= 11 is 1.53. The Morgan fingerprint density at radius 2 is 1.92 bits per heavy atom. The van der Waals surface area contributed by atoms with Crippen LogP contribution in [-0.4, -0.2) is 5.91 Å². The van der Waals surface area contributed by atoms with E-state index in [0.29, 0.717) is 18.5 Å². The molecule has 0 atom stereocenters. The fraction of sp³-hybridized carbons (Fsp3) is 0.211. The van der Waals surface area contributed by atoms with Gasteiger partial charge in [0.25, 0.3) is 0 Å². The highest BCUT2D eigenvalue weighted by atomic mass is 32.1. The van der Waals surface area contributed by atoms with E-state index in [1.54, 1.807) is 6.26 Å². The van der Waals surface area contributed by atoms with Crippen molar-refractivity contribution in [3.63, 3.8) is 0 Å². The highest BCUT2D eigenvalue weighted by Gasteiger charge is 2.29. The zero-order valence-corrected chi connectivity index (χ0v) is 14.5. The van der Waals surface area contributed by atoms with Crippen LogP contribution in [0, 0.1) is 0 Å². The number of aryl methyl sites for hydroxylation is 1. The fourth-order valence-corrected chi connectivity index (χ4v) is 3.25. The predicted octanol–water partition coefficient (Wildman–Crippen LogP) is 5.28. The number of furan rings is 1. The van der Waals surface area contributed by atoms with Crippen LogP contribution >= 0.6 is 11.3 Å². The highest BCUT2D eigenvalue weighted by molar-refractivity contribution is 7.10. The average molecular weight is 379 g/mol. The Morgan fingerprint density at radius 3 is 2.58 bits per heavy atom. The third-order valence-electron chi connectivity index (χ3n) is 3.84. The van der Waals surface area contributed by atoms with E-state index in [2.05, 4.69) is 5.32 Å². The lowest BCUT2D eigenvalue weighted by molar-refractivity contribution is -0.137. The summed E-state index contributed by atoms with van der Waals surface area (Å²) in [6.45, 7) is 0.414. The Morgan fingerprint density at radius 1 is 1.15 bits per heavy atom. The lowest BCUT2D eigenvalue weighted by Crippen LogP contribution is -2.22. The first-order chi connectivity index (χ1) is 12.4. The maximum atomic E-state index is 12.5. The molecule has 0 saturated carbocycles. The summed E-state index contributed by atoms with van der Waals surface area (Å²) in [5.41, 5.74) is 0.981. The minimum Gasteiger partial charge on any atom is -0.464 e. The first-order valence-corrected chi connectivity index (χ1v) is 8.84. The van der Waals surface area contributed by atoms with Crippen molar-refractivity contribution < 1.29 is 22.4 Å². The molecule has 0 aliphatic heterocycles. The van der Waals surface area contributed by atoms with Gasteiger partial charge in [-0.15, -0.1) is 11.3 Å². The van der Waals surface area contributed by atoms with Crippen molar-refractivity contribution in [2.24, 2.45) is 0 Å². The Kier molecular flexibility index (Phi) is 5.46. The van der Waals surface area contributed by atoms with Gasteiger partial charge in [0.2, 0.25) is 5.91 Å². The van der Waals surface area contributed by atoms with Gasteiger partial charge in [-0.05, 0) is 42.3 Å². The van der Waals surface area contributed by atoms with Crippen molar-refractivity contribution in [3.8, 4) is 11.3 Å². The monoisotopic (exact) mass is 379 g/mol. The Hall–Kier alpha value is -2.54. The van der Waals surface area contributed by atoms with Crippen LogP contribution in [0.2, 0.25) is 0 Å². The lowest BCUT2D eigenvalue weighted by atomic mass is 10.1. The molecule has 1 aromatic carbocycles. The van der Waals surface area contributed by atoms with Crippen molar-refractivity contribution in [3.05, 3.63) is 70.1 Å². The summed E-state index contributed by atoms with van der Waals surface area (Å²) in [5, 5.41) is 4.79. The number of benzene rings is 1. The molecule has 0 aliphatic rings. The van der Waals surface area contributed by atoms with Gasteiger partial charge in [-0.25, -0.2) is 0 Å². The molecule has 7 heteroatoms. The van der Waals surface area contributed by atoms with Crippen LogP contribution in [0.3, 0.4) is 0 Å². The van der Waals surface area contributed by atoms with E-state index >= 15 is 0 Å². The van der Waals surface area contributed by atoms with Gasteiger partial charge >= 0.3 is 6.18 Å². The molecule has 1 amide bonds. The molecule has 0 unspecified atom stereocenters. The summed E-state index contributed by atoms with van der Waals surface area (Å²) in [5.74, 6) is 0.638. The van der Waals surface area contributed by atoms with E-state index in [4.69, 9.17) is 4.42 Å². The molecule has 3 rings (SSSR count). The van der Waals surface area contributed by atoms with Crippen LogP contribution in [-0.2, 0) is 23.9 Å². The van der Waals surface area contributed by atoms with Gasteiger partial charge in [0, 0.05) is 22.2 Å². The molecule has 2 heterocycles. The molecule has 2 aromatic heterocycles. The van der Waals surface area contributed by atoms with Crippen molar-refractivity contribution in [1.82, 2.24) is 5.32 Å². The van der Waals surface area contributed by atoms with Crippen LogP contribution in [0.4, 0.5) is 13.2 Å². The number of carbonyl (C=O) groups excluding carboxylic acids is 1. The topological polar surface area (TPSA) is 42.2 Å². The first-order valence-electron chi connectivity index (χ1n) is 7.96. The molecule has 3 nitrogen and oxygen atoms in total. The van der Waals surface area contributed by atoms with Crippen LogP contribution < -0.4 is 5.32 Å². The quantitative estimate of drug-likeness (QED) is 0.633. The van der Waals surface area contributed by atoms with E-state index in [9.17, 15) is 18.0 Å². The van der Waals surface area contributed by atoms with E-state index in [1.807, 2.05) is 23.6 Å². The first kappa shape index (κ1) is 18.3. The molecule has 3 aromatic rings. The molecule has 0 saturated heterocycles. The minimum atomic E-state index is -4.34. The van der Waals surface area contributed by atoms with Crippen LogP contribution in [0.15, 0.2) is 58.5 Å². The molecule has 0 fully saturated rings. The fourth-order valence-electron chi connectivity index (χ4n) is 2.44. The third-order valence-corrected chi connectivity index (χ3v) is 4.78. The van der Waals surface area contributed by atoms with Crippen molar-refractivity contribution >= 4 is 17.2 Å². The molecular weight excluding hydrogens is 363 g/mol. The summed E-state index contributed by atoms with van der Waals surface area (Å²) in [6, 6.07) is 10.5. The second kappa shape index (κ2) is 7.78. The second-order valence-corrected chi connectivity index (χ2v) is 6.75. The Bertz CT molecular complexity index is 852. The lowest BCUT2D eigenvalue weighted by Gasteiger charge is -2.08. The number of hydrogen-bond acceptors (Lipinski definition) is 3. The maximum Gasteiger partial charge on any atom is 0.416 e. The van der Waals surface area contributed by atoms with Gasteiger partial charge in [0.05, 0.1) is 18.4 Å². The molecule has 0 radical (unpaired) electrons. The van der Waals surface area contributed by atoms with Gasteiger partial charge in [0.15, 0.2) is 0 Å². The summed E-state index contributed by atoms with van der Waals surface area (Å²) in [7, 11) is 0. The average Bonchev–Trinajstić information content (AvgIpc) is 3.29. The van der Waals surface area contributed by atoms with Gasteiger partial charge < -0.3 is 9.73 Å². The number of amides is 1. The zero-order valence-electron chi connectivity index (χ0n) is 13.7. The van der Waals surface area contributed by atoms with Gasteiger partial charge in [-0.3, -0.25) is 4.79 Å². The molecule has 136 valence electrons. The standard InChI is InChI=1S/C19H16F3NO2S/c20-19(21,22)15-6-3-13(4-7-15)5-8-18(24)23-11-16-10-14(12-26-16)17-2-1-9-25-17/h1-4,6-7,9-10,12H,5,8,11H2,(H,23,24). The second-order valence-electron chi connectivity index (χ2n) is 5.75. The number of hydrogen-bond donors (Lipinski definition) is 1. The number of alkyl halides is 3. The molecule has 26 heavy (non-hydrogen) atoms. The van der Waals surface area contributed by atoms with E-state index in [0.717, 1.165) is 28.3 Å². The van der Waals surface area contributed by atoms with Crippen LogP contribution in [0.1, 0.15) is 22.4 Å². The van der Waals surface area contributed by atoms with Crippen LogP contribution in [0.5, 0.6) is 0 Å². The molecule has 0 aliphatic carbocycles. The summed E-state index contributed by atoms with van der Waals surface area (Å²) in [6.07, 6.45) is -2.12. The number of thiophene rings is 1. The number of rotatable bonds is 6. The number of carbonyl (C=O) groups is 1. The normalized spacial score (nSPS) is 11.5. The van der Waals surface area contributed by atoms with Crippen molar-refractivity contribution in [1.29, 1.82) is 0 Å². The molecule has 1 N–H and O–H groups in total. The number of nitrogens with one attached hydrogen (secondary N) is 1. The Labute approximate surface area is 152 Å². The Balaban J connectivity index is 1.46. The summed E-state index contributed by atoms with van der Waals surface area (Å²) in [4.78, 5) is 12.9. The highest BCUT2D eigenvalue weighted by Crippen LogP contribution is 2.29. The minimum absolute atomic E-state index is 0.141.